The van der Waals surface area contributed by atoms with Crippen molar-refractivity contribution >= 4 is 23.7 Å². The quantitative estimate of drug-likeness (QED) is 0.731. The Bertz CT molecular complexity index is 994. The first kappa shape index (κ1) is 18.9. The minimum Gasteiger partial charge on any atom is -0.327 e. The number of imide groups is 1. The van der Waals surface area contributed by atoms with Crippen molar-refractivity contribution in [2.45, 2.75) is 32.9 Å². The van der Waals surface area contributed by atoms with Gasteiger partial charge in [-0.15, -0.1) is 0 Å². The Balaban J connectivity index is 1.57. The SMILES string of the molecule is CC(C)C[C@H](C(=O)ON1C(=O)c2ccccc2C1=O)N1Cc2ccccc2C1=O. The van der Waals surface area contributed by atoms with E-state index in [1.165, 1.54) is 17.0 Å². The van der Waals surface area contributed by atoms with Gasteiger partial charge in [0.15, 0.2) is 0 Å². The van der Waals surface area contributed by atoms with Gasteiger partial charge in [-0.3, -0.25) is 14.4 Å². The molecule has 7 nitrogen and oxygen atoms in total. The van der Waals surface area contributed by atoms with Crippen LogP contribution in [0.25, 0.3) is 0 Å². The van der Waals surface area contributed by atoms with Gasteiger partial charge in [0.05, 0.1) is 11.1 Å². The van der Waals surface area contributed by atoms with E-state index in [9.17, 15) is 19.2 Å². The summed E-state index contributed by atoms with van der Waals surface area (Å²) in [6, 6.07) is 12.6. The van der Waals surface area contributed by atoms with E-state index >= 15 is 0 Å². The van der Waals surface area contributed by atoms with E-state index in [1.807, 2.05) is 26.0 Å². The molecular weight excluding hydrogens is 372 g/mol. The van der Waals surface area contributed by atoms with Crippen LogP contribution in [0.3, 0.4) is 0 Å². The van der Waals surface area contributed by atoms with E-state index in [0.29, 0.717) is 17.0 Å². The molecule has 0 spiro atoms. The Labute approximate surface area is 167 Å². The van der Waals surface area contributed by atoms with E-state index in [1.54, 1.807) is 24.3 Å². The standard InChI is InChI=1S/C22H20N2O5/c1-13(2)11-18(23-12-14-7-3-4-8-15(14)19(23)25)22(28)29-24-20(26)16-9-5-6-10-17(16)21(24)27/h3-10,13,18H,11-12H2,1-2H3/t18-/m1/s1. The lowest BCUT2D eigenvalue weighted by molar-refractivity contribution is -0.174. The highest BCUT2D eigenvalue weighted by Gasteiger charge is 2.43. The summed E-state index contributed by atoms with van der Waals surface area (Å²) in [5, 5.41) is 0.494. The average molecular weight is 392 g/mol. The fourth-order valence-electron chi connectivity index (χ4n) is 3.73. The lowest BCUT2D eigenvalue weighted by atomic mass is 10.0. The molecule has 2 heterocycles. The third-order valence-corrected chi connectivity index (χ3v) is 5.13. The van der Waals surface area contributed by atoms with Crippen molar-refractivity contribution in [3.8, 4) is 0 Å². The van der Waals surface area contributed by atoms with Gasteiger partial charge in [-0.2, -0.15) is 0 Å². The van der Waals surface area contributed by atoms with Gasteiger partial charge in [-0.25, -0.2) is 4.79 Å². The van der Waals surface area contributed by atoms with Crippen molar-refractivity contribution in [1.29, 1.82) is 0 Å². The zero-order valence-corrected chi connectivity index (χ0v) is 16.1. The molecular formula is C22H20N2O5. The molecule has 2 aromatic rings. The molecule has 2 aliphatic heterocycles. The van der Waals surface area contributed by atoms with Crippen molar-refractivity contribution < 1.29 is 24.0 Å². The zero-order chi connectivity index (χ0) is 20.7. The highest BCUT2D eigenvalue weighted by atomic mass is 16.7. The molecule has 3 amide bonds. The number of nitrogens with zero attached hydrogens (tertiary/aromatic N) is 2. The van der Waals surface area contributed by atoms with Crippen molar-refractivity contribution in [3.63, 3.8) is 0 Å². The monoisotopic (exact) mass is 392 g/mol. The summed E-state index contributed by atoms with van der Waals surface area (Å²) < 4.78 is 0. The molecule has 7 heteroatoms. The van der Waals surface area contributed by atoms with E-state index < -0.39 is 23.8 Å². The summed E-state index contributed by atoms with van der Waals surface area (Å²) >= 11 is 0. The summed E-state index contributed by atoms with van der Waals surface area (Å²) in [6.07, 6.45) is 0.349. The minimum atomic E-state index is -0.904. The van der Waals surface area contributed by atoms with Crippen LogP contribution in [0.2, 0.25) is 0 Å². The first-order valence-electron chi connectivity index (χ1n) is 9.47. The van der Waals surface area contributed by atoms with Crippen molar-refractivity contribution in [2.75, 3.05) is 0 Å². The number of carbonyl (C=O) groups excluding carboxylic acids is 4. The third kappa shape index (κ3) is 3.18. The zero-order valence-electron chi connectivity index (χ0n) is 16.1. The van der Waals surface area contributed by atoms with Gasteiger partial charge in [-0.05, 0) is 36.1 Å². The maximum absolute atomic E-state index is 13.0. The van der Waals surface area contributed by atoms with Crippen molar-refractivity contribution in [3.05, 3.63) is 70.8 Å². The maximum Gasteiger partial charge on any atom is 0.355 e. The van der Waals surface area contributed by atoms with Crippen LogP contribution in [0, 0.1) is 5.92 Å². The molecule has 0 aromatic heterocycles. The maximum atomic E-state index is 13.0. The summed E-state index contributed by atoms with van der Waals surface area (Å²) in [4.78, 5) is 57.5. The predicted octanol–water partition coefficient (Wildman–Crippen LogP) is 2.81. The second kappa shape index (κ2) is 7.16. The van der Waals surface area contributed by atoms with Gasteiger partial charge in [0.1, 0.15) is 6.04 Å². The van der Waals surface area contributed by atoms with Crippen LogP contribution in [0.5, 0.6) is 0 Å². The molecule has 2 aromatic carbocycles. The van der Waals surface area contributed by atoms with Gasteiger partial charge in [0, 0.05) is 12.1 Å². The molecule has 4 rings (SSSR count). The smallest absolute Gasteiger partial charge is 0.327 e. The van der Waals surface area contributed by atoms with Crippen LogP contribution in [0.4, 0.5) is 0 Å². The molecule has 0 bridgehead atoms. The number of hydrogen-bond donors (Lipinski definition) is 0. The van der Waals surface area contributed by atoms with E-state index in [4.69, 9.17) is 4.84 Å². The minimum absolute atomic E-state index is 0.0891. The van der Waals surface area contributed by atoms with Crippen LogP contribution in [-0.4, -0.2) is 39.7 Å². The summed E-state index contributed by atoms with van der Waals surface area (Å²) in [7, 11) is 0. The molecule has 0 saturated heterocycles. The highest BCUT2D eigenvalue weighted by molar-refractivity contribution is 6.21. The number of hydrogen-bond acceptors (Lipinski definition) is 5. The van der Waals surface area contributed by atoms with Crippen molar-refractivity contribution in [2.24, 2.45) is 5.92 Å². The molecule has 0 aliphatic carbocycles. The molecule has 1 atom stereocenters. The molecule has 2 aliphatic rings. The van der Waals surface area contributed by atoms with Crippen molar-refractivity contribution in [1.82, 2.24) is 9.96 Å². The van der Waals surface area contributed by atoms with E-state index in [-0.39, 0.29) is 29.5 Å². The molecule has 148 valence electrons. The normalized spacial score (nSPS) is 16.3. The van der Waals surface area contributed by atoms with Gasteiger partial charge in [0.25, 0.3) is 17.7 Å². The Morgan fingerprint density at radius 2 is 1.45 bits per heavy atom. The van der Waals surface area contributed by atoms with Crippen LogP contribution in [0.1, 0.15) is 56.9 Å². The first-order chi connectivity index (χ1) is 13.9. The molecule has 0 N–H and O–H groups in total. The van der Waals surface area contributed by atoms with E-state index in [0.717, 1.165) is 5.56 Å². The summed E-state index contributed by atoms with van der Waals surface area (Å²) in [5.41, 5.74) is 1.76. The molecule has 0 unspecified atom stereocenters. The molecule has 0 radical (unpaired) electrons. The number of rotatable bonds is 5. The van der Waals surface area contributed by atoms with Crippen LogP contribution < -0.4 is 0 Å². The third-order valence-electron chi connectivity index (χ3n) is 5.13. The van der Waals surface area contributed by atoms with Crippen LogP contribution >= 0.6 is 0 Å². The predicted molar refractivity (Wildman–Crippen MR) is 103 cm³/mol. The number of amides is 3. The Kier molecular flexibility index (Phi) is 4.66. The fourth-order valence-corrected chi connectivity index (χ4v) is 3.73. The first-order valence-corrected chi connectivity index (χ1v) is 9.47. The Hall–Kier alpha value is -3.48. The topological polar surface area (TPSA) is 84.0 Å². The van der Waals surface area contributed by atoms with Gasteiger partial charge < -0.3 is 9.74 Å². The van der Waals surface area contributed by atoms with Crippen LogP contribution in [-0.2, 0) is 16.2 Å². The Morgan fingerprint density at radius 1 is 0.897 bits per heavy atom. The lowest BCUT2D eigenvalue weighted by Gasteiger charge is -2.28. The Morgan fingerprint density at radius 3 is 2.00 bits per heavy atom. The largest absolute Gasteiger partial charge is 0.355 e. The second-order valence-electron chi connectivity index (χ2n) is 7.60. The van der Waals surface area contributed by atoms with Gasteiger partial charge >= 0.3 is 5.97 Å². The summed E-state index contributed by atoms with van der Waals surface area (Å²) in [6.45, 7) is 4.13. The molecule has 29 heavy (non-hydrogen) atoms. The highest BCUT2D eigenvalue weighted by Crippen LogP contribution is 2.29. The van der Waals surface area contributed by atoms with Gasteiger partial charge in [0.2, 0.25) is 0 Å². The average Bonchev–Trinajstić information content (AvgIpc) is 3.16. The number of fused-ring (bicyclic) bond motifs is 2. The lowest BCUT2D eigenvalue weighted by Crippen LogP contribution is -2.46. The van der Waals surface area contributed by atoms with E-state index in [2.05, 4.69) is 0 Å². The van der Waals surface area contributed by atoms with Gasteiger partial charge in [-0.1, -0.05) is 49.2 Å². The number of carbonyl (C=O) groups is 4. The fraction of sp³-hybridized carbons (Fsp3) is 0.273. The molecule has 0 fully saturated rings. The molecule has 0 saturated carbocycles. The summed E-state index contributed by atoms with van der Waals surface area (Å²) in [5.74, 6) is -2.33. The second-order valence-corrected chi connectivity index (χ2v) is 7.60. The number of benzene rings is 2. The van der Waals surface area contributed by atoms with Crippen LogP contribution in [0.15, 0.2) is 48.5 Å². The number of hydroxylamine groups is 2.